The van der Waals surface area contributed by atoms with Gasteiger partial charge < -0.3 is 26.2 Å². The summed E-state index contributed by atoms with van der Waals surface area (Å²) in [6, 6.07) is 12.0. The lowest BCUT2D eigenvalue weighted by atomic mass is 9.93. The van der Waals surface area contributed by atoms with E-state index in [0.717, 1.165) is 0 Å². The fraction of sp³-hybridized carbons (Fsp3) is 0.286. The van der Waals surface area contributed by atoms with E-state index in [-0.39, 0.29) is 52.1 Å². The minimum atomic E-state index is -1.37. The third-order valence-electron chi connectivity index (χ3n) is 6.10. The van der Waals surface area contributed by atoms with Crippen LogP contribution in [0.5, 0.6) is 5.88 Å². The molecule has 2 heterocycles. The maximum atomic E-state index is 13.3. The molecule has 2 amide bonds. The minimum Gasteiger partial charge on any atom is -0.481 e. The molecule has 6 N–H and O–H groups in total. The van der Waals surface area contributed by atoms with Gasteiger partial charge in [-0.1, -0.05) is 27.7 Å². The number of aromatic nitrogens is 2. The summed E-state index contributed by atoms with van der Waals surface area (Å²) in [4.78, 5) is 46.8. The van der Waals surface area contributed by atoms with Gasteiger partial charge >= 0.3 is 5.97 Å². The lowest BCUT2D eigenvalue weighted by Crippen LogP contribution is -2.42. The molecule has 0 fully saturated rings. The zero-order valence-electron chi connectivity index (χ0n) is 22.4. The molecule has 0 unspecified atom stereocenters. The molecule has 1 aromatic carbocycles. The Kier molecular flexibility index (Phi) is 8.97. The van der Waals surface area contributed by atoms with Crippen LogP contribution >= 0.6 is 0 Å². The first-order chi connectivity index (χ1) is 18.4. The highest BCUT2D eigenvalue weighted by molar-refractivity contribution is 6.09. The molecule has 0 radical (unpaired) electrons. The van der Waals surface area contributed by atoms with E-state index in [1.807, 2.05) is 27.7 Å². The number of nitrogens with zero attached hydrogens (tertiary/aromatic N) is 2. The Morgan fingerprint density at radius 2 is 1.46 bits per heavy atom. The number of benzene rings is 1. The third-order valence-corrected chi connectivity index (χ3v) is 6.10. The molecule has 0 atom stereocenters. The van der Waals surface area contributed by atoms with Gasteiger partial charge in [-0.2, -0.15) is 0 Å². The average Bonchev–Trinajstić information content (AvgIpc) is 2.90. The van der Waals surface area contributed by atoms with Crippen LogP contribution in [0.15, 0.2) is 48.5 Å². The number of hydrogen-bond donors (Lipinski definition) is 5. The van der Waals surface area contributed by atoms with Crippen molar-refractivity contribution in [3.63, 3.8) is 0 Å². The zero-order chi connectivity index (χ0) is 28.9. The van der Waals surface area contributed by atoms with E-state index >= 15 is 0 Å². The third kappa shape index (κ3) is 6.75. The van der Waals surface area contributed by atoms with E-state index in [1.165, 1.54) is 31.4 Å². The number of ether oxygens (including phenoxy) is 1. The van der Waals surface area contributed by atoms with Crippen molar-refractivity contribution < 1.29 is 24.2 Å². The Bertz CT molecular complexity index is 1390. The number of nitrogen functional groups attached to an aromatic ring is 1. The zero-order valence-corrected chi connectivity index (χ0v) is 22.4. The van der Waals surface area contributed by atoms with Gasteiger partial charge in [0.1, 0.15) is 17.2 Å². The number of hydrogen-bond acceptors (Lipinski definition) is 7. The van der Waals surface area contributed by atoms with Crippen molar-refractivity contribution in [1.29, 1.82) is 5.41 Å². The maximum Gasteiger partial charge on any atom is 0.355 e. The summed E-state index contributed by atoms with van der Waals surface area (Å²) >= 11 is 0. The summed E-state index contributed by atoms with van der Waals surface area (Å²) in [5, 5.41) is 23.1. The lowest BCUT2D eigenvalue weighted by molar-refractivity contribution is 0.0691. The largest absolute Gasteiger partial charge is 0.481 e. The number of amidine groups is 1. The molecule has 39 heavy (non-hydrogen) atoms. The molecule has 0 aliphatic heterocycles. The first kappa shape index (κ1) is 28.8. The van der Waals surface area contributed by atoms with Crippen LogP contribution in [0.2, 0.25) is 0 Å². The summed E-state index contributed by atoms with van der Waals surface area (Å²) in [6.45, 7) is 7.96. The quantitative estimate of drug-likeness (QED) is 0.193. The molecule has 11 nitrogen and oxygen atoms in total. The molecule has 11 heteroatoms. The fourth-order valence-electron chi connectivity index (χ4n) is 4.16. The molecule has 0 aliphatic carbocycles. The molecule has 3 rings (SSSR count). The van der Waals surface area contributed by atoms with Crippen LogP contribution in [0.3, 0.4) is 0 Å². The van der Waals surface area contributed by atoms with Crippen molar-refractivity contribution in [3.05, 3.63) is 71.2 Å². The number of carbonyl (C=O) groups excluding carboxylic acids is 2. The first-order valence-electron chi connectivity index (χ1n) is 12.3. The number of aromatic carboxylic acids is 1. The Labute approximate surface area is 226 Å². The summed E-state index contributed by atoms with van der Waals surface area (Å²) in [5.74, 6) is -2.13. The Balaban J connectivity index is 2.02. The van der Waals surface area contributed by atoms with Gasteiger partial charge in [0.15, 0.2) is 5.69 Å². The number of anilines is 1. The van der Waals surface area contributed by atoms with Gasteiger partial charge in [-0.05, 0) is 54.3 Å². The van der Waals surface area contributed by atoms with Gasteiger partial charge in [-0.25, -0.2) is 14.8 Å². The van der Waals surface area contributed by atoms with Crippen molar-refractivity contribution in [2.24, 2.45) is 17.6 Å². The number of amides is 2. The van der Waals surface area contributed by atoms with Gasteiger partial charge in [0.05, 0.1) is 7.11 Å². The van der Waals surface area contributed by atoms with Gasteiger partial charge in [-0.3, -0.25) is 15.0 Å². The second kappa shape index (κ2) is 12.2. The van der Waals surface area contributed by atoms with Gasteiger partial charge in [-0.15, -0.1) is 0 Å². The second-order valence-corrected chi connectivity index (χ2v) is 9.58. The maximum absolute atomic E-state index is 13.3. The smallest absolute Gasteiger partial charge is 0.355 e. The number of pyridine rings is 2. The van der Waals surface area contributed by atoms with E-state index in [2.05, 4.69) is 20.6 Å². The Hall–Kier alpha value is -4.80. The van der Waals surface area contributed by atoms with Crippen LogP contribution in [0.1, 0.15) is 64.7 Å². The Morgan fingerprint density at radius 1 is 0.872 bits per heavy atom. The van der Waals surface area contributed by atoms with E-state index in [4.69, 9.17) is 15.9 Å². The van der Waals surface area contributed by atoms with Crippen LogP contribution in [0.25, 0.3) is 11.1 Å². The predicted molar refractivity (Wildman–Crippen MR) is 147 cm³/mol. The van der Waals surface area contributed by atoms with Crippen molar-refractivity contribution in [1.82, 2.24) is 15.3 Å². The van der Waals surface area contributed by atoms with E-state index < -0.39 is 23.5 Å². The Morgan fingerprint density at radius 3 is 2.00 bits per heavy atom. The predicted octanol–water partition coefficient (Wildman–Crippen LogP) is 3.80. The molecule has 0 spiro atoms. The van der Waals surface area contributed by atoms with Gasteiger partial charge in [0, 0.05) is 34.5 Å². The monoisotopic (exact) mass is 532 g/mol. The van der Waals surface area contributed by atoms with Crippen LogP contribution in [0, 0.1) is 17.2 Å². The SMILES string of the molecule is COc1ccc(-c2ccc(C(=O)NC(C(C)C)C(C)C)nc2C(=O)O)c(C(=O)Nc2ccc(C(=N)N)cc2)n1. The number of nitrogens with two attached hydrogens (primary N) is 1. The van der Waals surface area contributed by atoms with Crippen LogP contribution < -0.4 is 21.1 Å². The highest BCUT2D eigenvalue weighted by Gasteiger charge is 2.25. The van der Waals surface area contributed by atoms with Crippen molar-refractivity contribution in [2.45, 2.75) is 33.7 Å². The van der Waals surface area contributed by atoms with Crippen molar-refractivity contribution in [3.8, 4) is 17.0 Å². The first-order valence-corrected chi connectivity index (χ1v) is 12.3. The number of rotatable bonds is 10. The molecular weight excluding hydrogens is 500 g/mol. The minimum absolute atomic E-state index is 0.0551. The van der Waals surface area contributed by atoms with Crippen LogP contribution in [-0.4, -0.2) is 51.8 Å². The van der Waals surface area contributed by atoms with Gasteiger partial charge in [0.2, 0.25) is 5.88 Å². The van der Waals surface area contributed by atoms with Crippen LogP contribution in [-0.2, 0) is 0 Å². The number of methoxy groups -OCH3 is 1. The second-order valence-electron chi connectivity index (χ2n) is 9.58. The number of nitrogens with one attached hydrogen (secondary N) is 3. The summed E-state index contributed by atoms with van der Waals surface area (Å²) in [6.07, 6.45) is 0. The number of carboxylic acids is 1. The normalized spacial score (nSPS) is 11.0. The van der Waals surface area contributed by atoms with E-state index in [1.54, 1.807) is 24.3 Å². The van der Waals surface area contributed by atoms with E-state index in [0.29, 0.717) is 11.3 Å². The van der Waals surface area contributed by atoms with Gasteiger partial charge in [0.25, 0.3) is 11.8 Å². The lowest BCUT2D eigenvalue weighted by Gasteiger charge is -2.26. The van der Waals surface area contributed by atoms with E-state index in [9.17, 15) is 19.5 Å². The number of carboxylic acid groups (broad SMARTS) is 1. The molecule has 3 aromatic rings. The molecule has 0 bridgehead atoms. The fourth-order valence-corrected chi connectivity index (χ4v) is 4.16. The summed E-state index contributed by atoms with van der Waals surface area (Å²) in [5.41, 5.74) is 6.11. The molecule has 2 aromatic heterocycles. The number of carbonyl (C=O) groups is 3. The molecule has 0 saturated carbocycles. The summed E-state index contributed by atoms with van der Waals surface area (Å²) in [7, 11) is 1.39. The molecule has 0 aliphatic rings. The standard InChI is InChI=1S/C28H32N6O5/c1-14(2)22(15(3)4)34-26(35)20-12-10-19(24(32-20)28(37)38)18-11-13-21(39-5)33-23(18)27(36)31-17-8-6-16(7-9-17)25(29)30/h6-15,22H,1-5H3,(H3,29,30)(H,31,36)(H,34,35)(H,37,38). The highest BCUT2D eigenvalue weighted by atomic mass is 16.5. The van der Waals surface area contributed by atoms with Crippen LogP contribution in [0.4, 0.5) is 5.69 Å². The average molecular weight is 533 g/mol. The topological polar surface area (TPSA) is 180 Å². The molecule has 204 valence electrons. The van der Waals surface area contributed by atoms with Crippen molar-refractivity contribution in [2.75, 3.05) is 12.4 Å². The highest BCUT2D eigenvalue weighted by Crippen LogP contribution is 2.29. The summed E-state index contributed by atoms with van der Waals surface area (Å²) < 4.78 is 5.18. The molecule has 0 saturated heterocycles. The molecular formula is C28H32N6O5. The van der Waals surface area contributed by atoms with Crippen molar-refractivity contribution >= 4 is 29.3 Å².